The Labute approximate surface area is 144 Å². The number of piperidine rings is 1. The fourth-order valence-electron chi connectivity index (χ4n) is 4.30. The van der Waals surface area contributed by atoms with E-state index in [0.717, 1.165) is 11.7 Å². The van der Waals surface area contributed by atoms with Crippen LogP contribution in [0.4, 0.5) is 0 Å². The zero-order valence-corrected chi connectivity index (χ0v) is 15.0. The Bertz CT molecular complexity index is 669. The Morgan fingerprint density at radius 1 is 1.23 bits per heavy atom. The van der Waals surface area contributed by atoms with Crippen molar-refractivity contribution >= 4 is 22.6 Å². The SMILES string of the molecule is Cc1noc(C2C3CC[C@H](C[C@@H]2c2ccc(I)cc2)N3C)n1. The maximum Gasteiger partial charge on any atom is 0.231 e. The van der Waals surface area contributed by atoms with Gasteiger partial charge in [-0.25, -0.2) is 0 Å². The molecule has 2 unspecified atom stereocenters. The average Bonchev–Trinajstić information content (AvgIpc) is 3.02. The van der Waals surface area contributed by atoms with E-state index in [1.54, 1.807) is 0 Å². The number of nitrogens with zero attached hydrogens (tertiary/aromatic N) is 3. The summed E-state index contributed by atoms with van der Waals surface area (Å²) in [5, 5.41) is 4.04. The average molecular weight is 409 g/mol. The number of halogens is 1. The fourth-order valence-corrected chi connectivity index (χ4v) is 4.66. The van der Waals surface area contributed by atoms with Gasteiger partial charge in [0.1, 0.15) is 0 Å². The third-order valence-electron chi connectivity index (χ3n) is 5.40. The molecule has 4 atom stereocenters. The van der Waals surface area contributed by atoms with Gasteiger partial charge in [0.15, 0.2) is 5.82 Å². The zero-order valence-electron chi connectivity index (χ0n) is 12.9. The summed E-state index contributed by atoms with van der Waals surface area (Å²) in [5.41, 5.74) is 1.41. The maximum absolute atomic E-state index is 5.59. The van der Waals surface area contributed by atoms with Crippen molar-refractivity contribution in [2.75, 3.05) is 7.05 Å². The standard InChI is InChI=1S/C17H20IN3O/c1-10-19-17(22-20-10)16-14(11-3-5-12(18)6-4-11)9-13-7-8-15(16)21(13)2/h3-6,13-16H,7-9H2,1-2H3/t13-,14-,15?,16?/m1/s1. The van der Waals surface area contributed by atoms with E-state index in [-0.39, 0.29) is 0 Å². The molecule has 2 saturated heterocycles. The highest BCUT2D eigenvalue weighted by Gasteiger charge is 2.48. The number of rotatable bonds is 2. The molecule has 0 N–H and O–H groups in total. The predicted molar refractivity (Wildman–Crippen MR) is 92.9 cm³/mol. The molecule has 2 fully saturated rings. The minimum absolute atomic E-state index is 0.310. The number of likely N-dealkylation sites (N-methyl/N-ethyl adjacent to an activating group) is 1. The highest BCUT2D eigenvalue weighted by Crippen LogP contribution is 2.50. The van der Waals surface area contributed by atoms with Crippen LogP contribution >= 0.6 is 22.6 Å². The van der Waals surface area contributed by atoms with Crippen molar-refractivity contribution in [1.82, 2.24) is 15.0 Å². The van der Waals surface area contributed by atoms with Crippen molar-refractivity contribution in [2.45, 2.75) is 50.1 Å². The van der Waals surface area contributed by atoms with Crippen LogP contribution in [0.15, 0.2) is 28.8 Å². The van der Waals surface area contributed by atoms with Crippen LogP contribution in [0.3, 0.4) is 0 Å². The molecule has 1 aromatic heterocycles. The molecule has 4 nitrogen and oxygen atoms in total. The van der Waals surface area contributed by atoms with E-state index in [0.29, 0.717) is 23.9 Å². The van der Waals surface area contributed by atoms with E-state index < -0.39 is 0 Å². The molecule has 2 aliphatic heterocycles. The van der Waals surface area contributed by atoms with Gasteiger partial charge in [0.2, 0.25) is 5.89 Å². The number of aryl methyl sites for hydroxylation is 1. The van der Waals surface area contributed by atoms with Crippen LogP contribution in [0.5, 0.6) is 0 Å². The van der Waals surface area contributed by atoms with Gasteiger partial charge in [0, 0.05) is 15.7 Å². The molecular weight excluding hydrogens is 389 g/mol. The van der Waals surface area contributed by atoms with Gasteiger partial charge in [0.05, 0.1) is 5.92 Å². The minimum Gasteiger partial charge on any atom is -0.339 e. The summed E-state index contributed by atoms with van der Waals surface area (Å²) in [5.74, 6) is 2.34. The van der Waals surface area contributed by atoms with Gasteiger partial charge < -0.3 is 4.52 Å². The van der Waals surface area contributed by atoms with E-state index in [1.807, 2.05) is 6.92 Å². The van der Waals surface area contributed by atoms with Crippen LogP contribution in [0.25, 0.3) is 0 Å². The molecule has 1 aromatic carbocycles. The molecule has 2 aliphatic rings. The largest absolute Gasteiger partial charge is 0.339 e. The quantitative estimate of drug-likeness (QED) is 0.710. The zero-order chi connectivity index (χ0) is 15.3. The van der Waals surface area contributed by atoms with Crippen molar-refractivity contribution in [1.29, 1.82) is 0 Å². The van der Waals surface area contributed by atoms with Crippen molar-refractivity contribution in [3.05, 3.63) is 45.1 Å². The van der Waals surface area contributed by atoms with Gasteiger partial charge in [0.25, 0.3) is 0 Å². The fraction of sp³-hybridized carbons (Fsp3) is 0.529. The molecule has 22 heavy (non-hydrogen) atoms. The Kier molecular flexibility index (Phi) is 3.72. The van der Waals surface area contributed by atoms with Crippen molar-refractivity contribution in [2.24, 2.45) is 0 Å². The predicted octanol–water partition coefficient (Wildman–Crippen LogP) is 3.72. The summed E-state index contributed by atoms with van der Waals surface area (Å²) in [6, 6.07) is 10.1. The Morgan fingerprint density at radius 3 is 2.68 bits per heavy atom. The van der Waals surface area contributed by atoms with E-state index in [1.165, 1.54) is 28.4 Å². The number of hydrogen-bond donors (Lipinski definition) is 0. The minimum atomic E-state index is 0.310. The van der Waals surface area contributed by atoms with Gasteiger partial charge in [-0.2, -0.15) is 4.98 Å². The van der Waals surface area contributed by atoms with Crippen LogP contribution in [-0.4, -0.2) is 34.2 Å². The summed E-state index contributed by atoms with van der Waals surface area (Å²) >= 11 is 2.36. The van der Waals surface area contributed by atoms with Gasteiger partial charge in [-0.05, 0) is 79.4 Å². The molecule has 0 amide bonds. The lowest BCUT2D eigenvalue weighted by Crippen LogP contribution is -2.44. The van der Waals surface area contributed by atoms with Crippen molar-refractivity contribution < 1.29 is 4.52 Å². The van der Waals surface area contributed by atoms with E-state index in [2.05, 4.69) is 68.9 Å². The van der Waals surface area contributed by atoms with Crippen LogP contribution in [0, 0.1) is 10.5 Å². The lowest BCUT2D eigenvalue weighted by Gasteiger charge is -2.41. The molecule has 0 spiro atoms. The molecule has 4 rings (SSSR count). The molecule has 0 radical (unpaired) electrons. The van der Waals surface area contributed by atoms with Crippen LogP contribution in [0.1, 0.15) is 48.4 Å². The number of benzene rings is 1. The first-order valence-electron chi connectivity index (χ1n) is 7.91. The summed E-state index contributed by atoms with van der Waals surface area (Å²) in [6.45, 7) is 1.90. The monoisotopic (exact) mass is 409 g/mol. The second kappa shape index (κ2) is 5.60. The van der Waals surface area contributed by atoms with Crippen LogP contribution in [0.2, 0.25) is 0 Å². The van der Waals surface area contributed by atoms with Crippen LogP contribution < -0.4 is 0 Å². The first-order valence-corrected chi connectivity index (χ1v) is 8.99. The molecule has 0 saturated carbocycles. The third kappa shape index (κ3) is 2.38. The second-order valence-corrected chi connectivity index (χ2v) is 7.81. The summed E-state index contributed by atoms with van der Waals surface area (Å²) in [4.78, 5) is 7.11. The number of fused-ring (bicyclic) bond motifs is 2. The Morgan fingerprint density at radius 2 is 2.00 bits per heavy atom. The molecule has 116 valence electrons. The normalized spacial score (nSPS) is 31.6. The Balaban J connectivity index is 1.76. The number of hydrogen-bond acceptors (Lipinski definition) is 4. The highest BCUT2D eigenvalue weighted by molar-refractivity contribution is 14.1. The molecular formula is C17H20IN3O. The summed E-state index contributed by atoms with van der Waals surface area (Å²) < 4.78 is 6.87. The summed E-state index contributed by atoms with van der Waals surface area (Å²) in [7, 11) is 2.25. The second-order valence-electron chi connectivity index (χ2n) is 6.56. The van der Waals surface area contributed by atoms with Crippen LogP contribution in [-0.2, 0) is 0 Å². The smallest absolute Gasteiger partial charge is 0.231 e. The lowest BCUT2D eigenvalue weighted by atomic mass is 9.76. The Hall–Kier alpha value is -0.950. The van der Waals surface area contributed by atoms with Gasteiger partial charge in [-0.1, -0.05) is 17.3 Å². The number of aromatic nitrogens is 2. The molecule has 0 aliphatic carbocycles. The van der Waals surface area contributed by atoms with E-state index >= 15 is 0 Å². The van der Waals surface area contributed by atoms with E-state index in [4.69, 9.17) is 4.52 Å². The molecule has 2 aromatic rings. The topological polar surface area (TPSA) is 42.2 Å². The molecule has 2 bridgehead atoms. The third-order valence-corrected chi connectivity index (χ3v) is 6.11. The van der Waals surface area contributed by atoms with Gasteiger partial charge >= 0.3 is 0 Å². The van der Waals surface area contributed by atoms with E-state index in [9.17, 15) is 0 Å². The lowest BCUT2D eigenvalue weighted by molar-refractivity contribution is 0.120. The first-order chi connectivity index (χ1) is 10.6. The van der Waals surface area contributed by atoms with Gasteiger partial charge in [-0.3, -0.25) is 4.90 Å². The summed E-state index contributed by atoms with van der Waals surface area (Å²) in [6.07, 6.45) is 3.69. The van der Waals surface area contributed by atoms with Gasteiger partial charge in [-0.15, -0.1) is 0 Å². The maximum atomic E-state index is 5.59. The van der Waals surface area contributed by atoms with Crippen molar-refractivity contribution in [3.63, 3.8) is 0 Å². The molecule has 3 heterocycles. The van der Waals surface area contributed by atoms with Crippen molar-refractivity contribution in [3.8, 4) is 0 Å². The molecule has 5 heteroatoms. The first kappa shape index (κ1) is 14.6. The highest BCUT2D eigenvalue weighted by atomic mass is 127.